The number of benzene rings is 1. The van der Waals surface area contributed by atoms with Crippen LogP contribution >= 0.6 is 0 Å². The normalized spacial score (nSPS) is 24.8. The summed E-state index contributed by atoms with van der Waals surface area (Å²) in [7, 11) is 0. The lowest BCUT2D eigenvalue weighted by Crippen LogP contribution is -2.21. The van der Waals surface area contributed by atoms with Gasteiger partial charge in [-0.3, -0.25) is 0 Å². The van der Waals surface area contributed by atoms with Crippen LogP contribution in [-0.4, -0.2) is 10.7 Å². The fraction of sp³-hybridized carbons (Fsp3) is 0.231. The molecule has 82 valence electrons. The van der Waals surface area contributed by atoms with Crippen LogP contribution in [0.25, 0.3) is 0 Å². The lowest BCUT2D eigenvalue weighted by Gasteiger charge is -2.19. The van der Waals surface area contributed by atoms with Crippen LogP contribution < -0.4 is 0 Å². The van der Waals surface area contributed by atoms with Crippen molar-refractivity contribution in [1.29, 1.82) is 0 Å². The summed E-state index contributed by atoms with van der Waals surface area (Å²) in [5.41, 5.74) is 0.871. The number of nitrogens with zero attached hydrogens (tertiary/aromatic N) is 2. The van der Waals surface area contributed by atoms with E-state index in [1.807, 2.05) is 36.4 Å². The van der Waals surface area contributed by atoms with Gasteiger partial charge in [0.05, 0.1) is 17.0 Å². The third-order valence-corrected chi connectivity index (χ3v) is 2.37. The van der Waals surface area contributed by atoms with E-state index in [1.54, 1.807) is 19.1 Å². The molecule has 0 fully saturated rings. The molecule has 2 rings (SSSR count). The Bertz CT molecular complexity index is 444. The smallest absolute Gasteiger partial charge is 0.0857 e. The Morgan fingerprint density at radius 3 is 2.56 bits per heavy atom. The highest BCUT2D eigenvalue weighted by molar-refractivity contribution is 5.35. The first-order valence-corrected chi connectivity index (χ1v) is 5.24. The molecule has 1 aliphatic carbocycles. The molecule has 1 aromatic rings. The van der Waals surface area contributed by atoms with Gasteiger partial charge in [0, 0.05) is 0 Å². The molecule has 0 bridgehead atoms. The van der Waals surface area contributed by atoms with E-state index < -0.39 is 5.60 Å². The molecule has 0 saturated carbocycles. The van der Waals surface area contributed by atoms with E-state index in [9.17, 15) is 5.11 Å². The maximum Gasteiger partial charge on any atom is 0.0857 e. The molecule has 1 N–H and O–H groups in total. The van der Waals surface area contributed by atoms with Crippen LogP contribution in [-0.2, 0) is 0 Å². The molecule has 1 atom stereocenters. The van der Waals surface area contributed by atoms with Crippen LogP contribution in [0, 0.1) is 0 Å². The van der Waals surface area contributed by atoms with Crippen molar-refractivity contribution in [2.45, 2.75) is 18.9 Å². The van der Waals surface area contributed by atoms with Gasteiger partial charge in [0.15, 0.2) is 0 Å². The van der Waals surface area contributed by atoms with Crippen molar-refractivity contribution in [3.05, 3.63) is 54.3 Å². The first kappa shape index (κ1) is 10.8. The van der Waals surface area contributed by atoms with Crippen molar-refractivity contribution in [2.24, 2.45) is 10.2 Å². The Hall–Kier alpha value is -1.74. The first-order valence-electron chi connectivity index (χ1n) is 5.24. The van der Waals surface area contributed by atoms with E-state index >= 15 is 0 Å². The van der Waals surface area contributed by atoms with Gasteiger partial charge >= 0.3 is 0 Å². The quantitative estimate of drug-likeness (QED) is 0.754. The summed E-state index contributed by atoms with van der Waals surface area (Å²) in [5, 5.41) is 17.9. The first-order chi connectivity index (χ1) is 7.66. The molecule has 0 amide bonds. The SMILES string of the molecule is CC1(O)C=CC(N=Nc2ccccc2)=CC1. The van der Waals surface area contributed by atoms with Crippen LogP contribution in [0.4, 0.5) is 5.69 Å². The summed E-state index contributed by atoms with van der Waals surface area (Å²) in [4.78, 5) is 0. The topological polar surface area (TPSA) is 45.0 Å². The van der Waals surface area contributed by atoms with Gasteiger partial charge in [-0.1, -0.05) is 30.4 Å². The Morgan fingerprint density at radius 1 is 1.19 bits per heavy atom. The summed E-state index contributed by atoms with van der Waals surface area (Å²) in [6.07, 6.45) is 5.99. The van der Waals surface area contributed by atoms with Crippen molar-refractivity contribution in [2.75, 3.05) is 0 Å². The van der Waals surface area contributed by atoms with E-state index in [0.29, 0.717) is 6.42 Å². The Labute approximate surface area is 94.8 Å². The minimum absolute atomic E-state index is 0.576. The Balaban J connectivity index is 2.05. The fourth-order valence-corrected chi connectivity index (χ4v) is 1.40. The third-order valence-electron chi connectivity index (χ3n) is 2.37. The number of allylic oxidation sites excluding steroid dienone is 1. The van der Waals surface area contributed by atoms with Gasteiger partial charge < -0.3 is 5.11 Å². The predicted octanol–water partition coefficient (Wildman–Crippen LogP) is 3.37. The van der Waals surface area contributed by atoms with E-state index in [2.05, 4.69) is 10.2 Å². The fourth-order valence-electron chi connectivity index (χ4n) is 1.40. The van der Waals surface area contributed by atoms with Gasteiger partial charge in [0.1, 0.15) is 0 Å². The second-order valence-electron chi connectivity index (χ2n) is 4.06. The maximum absolute atomic E-state index is 9.67. The van der Waals surface area contributed by atoms with Crippen molar-refractivity contribution in [3.8, 4) is 0 Å². The highest BCUT2D eigenvalue weighted by atomic mass is 16.3. The highest BCUT2D eigenvalue weighted by Gasteiger charge is 2.17. The lowest BCUT2D eigenvalue weighted by atomic mass is 9.97. The highest BCUT2D eigenvalue weighted by Crippen LogP contribution is 2.22. The predicted molar refractivity (Wildman–Crippen MR) is 63.4 cm³/mol. The second kappa shape index (κ2) is 4.41. The molecule has 1 aromatic carbocycles. The number of azo groups is 1. The van der Waals surface area contributed by atoms with E-state index in [0.717, 1.165) is 11.4 Å². The summed E-state index contributed by atoms with van der Waals surface area (Å²) in [6, 6.07) is 9.57. The van der Waals surface area contributed by atoms with Gasteiger partial charge in [0.2, 0.25) is 0 Å². The number of hydrogen-bond acceptors (Lipinski definition) is 3. The molecule has 0 heterocycles. The molecule has 16 heavy (non-hydrogen) atoms. The molecule has 1 unspecified atom stereocenters. The molecule has 0 aliphatic heterocycles. The largest absolute Gasteiger partial charge is 0.386 e. The molecule has 3 heteroatoms. The monoisotopic (exact) mass is 214 g/mol. The minimum atomic E-state index is -0.744. The average Bonchev–Trinajstić information content (AvgIpc) is 2.29. The molecule has 0 aromatic heterocycles. The average molecular weight is 214 g/mol. The molecular weight excluding hydrogens is 200 g/mol. The van der Waals surface area contributed by atoms with E-state index in [4.69, 9.17) is 0 Å². The number of rotatable bonds is 2. The van der Waals surface area contributed by atoms with Crippen molar-refractivity contribution < 1.29 is 5.11 Å². The van der Waals surface area contributed by atoms with Crippen molar-refractivity contribution in [1.82, 2.24) is 0 Å². The van der Waals surface area contributed by atoms with Crippen molar-refractivity contribution >= 4 is 5.69 Å². The molecule has 3 nitrogen and oxygen atoms in total. The summed E-state index contributed by atoms with van der Waals surface area (Å²) in [6.45, 7) is 1.77. The Kier molecular flexibility index (Phi) is 2.97. The number of aliphatic hydroxyl groups is 1. The molecule has 0 radical (unpaired) electrons. The van der Waals surface area contributed by atoms with E-state index in [-0.39, 0.29) is 0 Å². The number of hydrogen-bond donors (Lipinski definition) is 1. The van der Waals surface area contributed by atoms with Gasteiger partial charge in [-0.2, -0.15) is 10.2 Å². The van der Waals surface area contributed by atoms with E-state index in [1.165, 1.54) is 0 Å². The second-order valence-corrected chi connectivity index (χ2v) is 4.06. The van der Waals surface area contributed by atoms with Crippen LogP contribution in [0.15, 0.2) is 64.5 Å². The van der Waals surface area contributed by atoms with Gasteiger partial charge in [-0.15, -0.1) is 0 Å². The van der Waals surface area contributed by atoms with Crippen LogP contribution in [0.5, 0.6) is 0 Å². The standard InChI is InChI=1S/C13H14N2O/c1-13(16)9-7-12(8-10-13)15-14-11-5-3-2-4-6-11/h2-9,16H,10H2,1H3. The van der Waals surface area contributed by atoms with Gasteiger partial charge in [-0.05, 0) is 31.6 Å². The van der Waals surface area contributed by atoms with Gasteiger partial charge in [-0.25, -0.2) is 0 Å². The molecule has 0 saturated heterocycles. The molecule has 1 aliphatic rings. The summed E-state index contributed by atoms with van der Waals surface area (Å²) in [5.74, 6) is 0. The third kappa shape index (κ3) is 2.87. The zero-order valence-corrected chi connectivity index (χ0v) is 9.17. The summed E-state index contributed by atoms with van der Waals surface area (Å²) >= 11 is 0. The van der Waals surface area contributed by atoms with Crippen LogP contribution in [0.1, 0.15) is 13.3 Å². The summed E-state index contributed by atoms with van der Waals surface area (Å²) < 4.78 is 0. The lowest BCUT2D eigenvalue weighted by molar-refractivity contribution is 0.113. The zero-order valence-electron chi connectivity index (χ0n) is 9.17. The Morgan fingerprint density at radius 2 is 1.94 bits per heavy atom. The van der Waals surface area contributed by atoms with Gasteiger partial charge in [0.25, 0.3) is 0 Å². The zero-order chi connectivity index (χ0) is 11.4. The van der Waals surface area contributed by atoms with Crippen LogP contribution in [0.3, 0.4) is 0 Å². The molecular formula is C13H14N2O. The maximum atomic E-state index is 9.67. The van der Waals surface area contributed by atoms with Crippen molar-refractivity contribution in [3.63, 3.8) is 0 Å². The minimum Gasteiger partial charge on any atom is -0.386 e. The molecule has 0 spiro atoms. The van der Waals surface area contributed by atoms with Crippen LogP contribution in [0.2, 0.25) is 0 Å².